The Morgan fingerprint density at radius 3 is 2.52 bits per heavy atom. The van der Waals surface area contributed by atoms with E-state index < -0.39 is 6.10 Å². The van der Waals surface area contributed by atoms with Crippen molar-refractivity contribution >= 4 is 29.3 Å². The van der Waals surface area contributed by atoms with Crippen LogP contribution in [0.3, 0.4) is 0 Å². The van der Waals surface area contributed by atoms with Crippen molar-refractivity contribution in [1.29, 1.82) is 0 Å². The molecule has 1 aromatic heterocycles. The zero-order chi connectivity index (χ0) is 22.1. The Labute approximate surface area is 191 Å². The highest BCUT2D eigenvalue weighted by molar-refractivity contribution is 7.99. The Morgan fingerprint density at radius 2 is 1.87 bits per heavy atom. The third-order valence-corrected chi connectivity index (χ3v) is 6.80. The van der Waals surface area contributed by atoms with Crippen LogP contribution in [0.25, 0.3) is 5.69 Å². The van der Waals surface area contributed by atoms with Crippen LogP contribution in [0.15, 0.2) is 59.5 Å². The fourth-order valence-electron chi connectivity index (χ4n) is 3.92. The number of esters is 1. The van der Waals surface area contributed by atoms with Crippen molar-refractivity contribution in [2.75, 3.05) is 21.2 Å². The molecule has 2 heterocycles. The summed E-state index contributed by atoms with van der Waals surface area (Å²) in [6.07, 6.45) is -0.460. The summed E-state index contributed by atoms with van der Waals surface area (Å²) < 4.78 is 13.5. The Morgan fingerprint density at radius 1 is 1.13 bits per heavy atom. The molecule has 5 nitrogen and oxygen atoms in total. The molecular formula is C24H25ClN2O3S. The lowest BCUT2D eigenvalue weighted by molar-refractivity contribution is -0.147. The van der Waals surface area contributed by atoms with Gasteiger partial charge >= 0.3 is 5.97 Å². The normalized spacial score (nSPS) is 17.6. The van der Waals surface area contributed by atoms with Gasteiger partial charge in [0, 0.05) is 29.1 Å². The van der Waals surface area contributed by atoms with Gasteiger partial charge in [0.1, 0.15) is 5.75 Å². The van der Waals surface area contributed by atoms with Gasteiger partial charge in [-0.15, -0.1) is 11.8 Å². The van der Waals surface area contributed by atoms with Crippen LogP contribution in [0.5, 0.6) is 5.75 Å². The van der Waals surface area contributed by atoms with E-state index >= 15 is 0 Å². The molecule has 0 spiro atoms. The summed E-state index contributed by atoms with van der Waals surface area (Å²) in [5, 5.41) is 0.542. The number of thioether (sulfide) groups is 1. The highest BCUT2D eigenvalue weighted by Crippen LogP contribution is 2.51. The predicted octanol–water partition coefficient (Wildman–Crippen LogP) is 5.65. The molecule has 0 radical (unpaired) electrons. The first kappa shape index (κ1) is 21.8. The molecule has 0 saturated heterocycles. The van der Waals surface area contributed by atoms with E-state index in [9.17, 15) is 4.79 Å². The molecule has 0 aliphatic carbocycles. The van der Waals surface area contributed by atoms with Crippen LogP contribution in [0.4, 0.5) is 0 Å². The number of halogens is 1. The molecule has 162 valence electrons. The minimum absolute atomic E-state index is 0.127. The van der Waals surface area contributed by atoms with E-state index in [-0.39, 0.29) is 11.2 Å². The third-order valence-electron chi connectivity index (χ3n) is 5.19. The molecule has 0 unspecified atom stereocenters. The number of aromatic nitrogens is 1. The smallest absolute Gasteiger partial charge is 0.303 e. The largest absolute Gasteiger partial charge is 0.497 e. The molecule has 2 atom stereocenters. The summed E-state index contributed by atoms with van der Waals surface area (Å²) in [5.74, 6) is 0.477. The van der Waals surface area contributed by atoms with Gasteiger partial charge in [-0.25, -0.2) is 0 Å². The SMILES string of the molecule is COc1ccc([C@@H]2Sc3ccc(Cl)cc3-n3c(CN(C)C)ccc3[C@@H]2OC(C)=O)cc1. The minimum Gasteiger partial charge on any atom is -0.497 e. The van der Waals surface area contributed by atoms with Crippen LogP contribution in [0.2, 0.25) is 5.02 Å². The van der Waals surface area contributed by atoms with E-state index in [1.807, 2.05) is 56.6 Å². The highest BCUT2D eigenvalue weighted by Gasteiger charge is 2.36. The molecule has 3 aromatic rings. The van der Waals surface area contributed by atoms with E-state index in [4.69, 9.17) is 21.1 Å². The third kappa shape index (κ3) is 4.47. The number of nitrogens with zero attached hydrogens (tertiary/aromatic N) is 2. The maximum Gasteiger partial charge on any atom is 0.303 e. The second-order valence-electron chi connectivity index (χ2n) is 7.78. The fourth-order valence-corrected chi connectivity index (χ4v) is 5.39. The first-order chi connectivity index (χ1) is 14.9. The van der Waals surface area contributed by atoms with Crippen molar-refractivity contribution in [3.05, 3.63) is 76.6 Å². The van der Waals surface area contributed by atoms with Crippen molar-refractivity contribution in [2.24, 2.45) is 0 Å². The van der Waals surface area contributed by atoms with Gasteiger partial charge in [-0.2, -0.15) is 0 Å². The molecule has 1 aliphatic rings. The average Bonchev–Trinajstić information content (AvgIpc) is 3.08. The summed E-state index contributed by atoms with van der Waals surface area (Å²) >= 11 is 8.08. The molecular weight excluding hydrogens is 432 g/mol. The lowest BCUT2D eigenvalue weighted by Crippen LogP contribution is -2.19. The Kier molecular flexibility index (Phi) is 6.32. The monoisotopic (exact) mass is 456 g/mol. The summed E-state index contributed by atoms with van der Waals surface area (Å²) in [7, 11) is 5.72. The summed E-state index contributed by atoms with van der Waals surface area (Å²) in [5.41, 5.74) is 4.10. The topological polar surface area (TPSA) is 43.7 Å². The number of rotatable bonds is 5. The van der Waals surface area contributed by atoms with Crippen molar-refractivity contribution in [2.45, 2.75) is 29.7 Å². The number of carbonyl (C=O) groups excluding carboxylic acids is 1. The molecule has 2 aromatic carbocycles. The van der Waals surface area contributed by atoms with Crippen LogP contribution < -0.4 is 4.74 Å². The number of ether oxygens (including phenoxy) is 2. The van der Waals surface area contributed by atoms with Crippen molar-refractivity contribution in [1.82, 2.24) is 9.47 Å². The van der Waals surface area contributed by atoms with Crippen LogP contribution in [-0.2, 0) is 16.1 Å². The van der Waals surface area contributed by atoms with Crippen LogP contribution in [0.1, 0.15) is 35.2 Å². The summed E-state index contributed by atoms with van der Waals surface area (Å²) in [4.78, 5) is 15.3. The molecule has 7 heteroatoms. The molecule has 0 amide bonds. The minimum atomic E-state index is -0.460. The van der Waals surface area contributed by atoms with Gasteiger partial charge in [-0.05, 0) is 62.1 Å². The van der Waals surface area contributed by atoms with Gasteiger partial charge in [0.25, 0.3) is 0 Å². The number of fused-ring (bicyclic) bond motifs is 3. The van der Waals surface area contributed by atoms with Crippen LogP contribution in [-0.4, -0.2) is 36.6 Å². The van der Waals surface area contributed by atoms with Gasteiger partial charge in [0.2, 0.25) is 0 Å². The number of hydrogen-bond donors (Lipinski definition) is 0. The predicted molar refractivity (Wildman–Crippen MR) is 124 cm³/mol. The van der Waals surface area contributed by atoms with Gasteiger partial charge in [-0.3, -0.25) is 4.79 Å². The van der Waals surface area contributed by atoms with E-state index in [1.165, 1.54) is 6.92 Å². The maximum atomic E-state index is 12.1. The number of carbonyl (C=O) groups is 1. The van der Waals surface area contributed by atoms with Gasteiger partial charge in [0.05, 0.1) is 23.7 Å². The highest BCUT2D eigenvalue weighted by atomic mass is 35.5. The Bertz CT molecular complexity index is 1090. The second kappa shape index (κ2) is 8.99. The summed E-state index contributed by atoms with van der Waals surface area (Å²) in [6, 6.07) is 18.0. The molecule has 1 aliphatic heterocycles. The lowest BCUT2D eigenvalue weighted by Gasteiger charge is -2.25. The molecule has 4 rings (SSSR count). The molecule has 0 N–H and O–H groups in total. The van der Waals surface area contributed by atoms with E-state index in [0.29, 0.717) is 5.02 Å². The van der Waals surface area contributed by atoms with Crippen LogP contribution >= 0.6 is 23.4 Å². The summed E-state index contributed by atoms with van der Waals surface area (Å²) in [6.45, 7) is 2.20. The van der Waals surface area contributed by atoms with E-state index in [1.54, 1.807) is 18.9 Å². The Hall–Kier alpha value is -2.41. The maximum absolute atomic E-state index is 12.1. The molecule has 31 heavy (non-hydrogen) atoms. The number of methoxy groups -OCH3 is 1. The lowest BCUT2D eigenvalue weighted by atomic mass is 10.0. The Balaban J connectivity index is 1.92. The first-order valence-corrected chi connectivity index (χ1v) is 11.3. The van der Waals surface area contributed by atoms with E-state index in [0.717, 1.165) is 39.8 Å². The standard InChI is InChI=1S/C24H25ClN2O3S/c1-15(28)30-23-20-11-8-18(14-26(2)3)27(20)21-13-17(25)7-12-22(21)31-24(23)16-5-9-19(29-4)10-6-16/h5-13,23-24H,14H2,1-4H3/t23-,24-/m0/s1. The van der Waals surface area contributed by atoms with Crippen molar-refractivity contribution < 1.29 is 14.3 Å². The average molecular weight is 457 g/mol. The quantitative estimate of drug-likeness (QED) is 0.464. The van der Waals surface area contributed by atoms with Crippen LogP contribution in [0, 0.1) is 0 Å². The molecule has 0 bridgehead atoms. The van der Waals surface area contributed by atoms with Gasteiger partial charge in [0.15, 0.2) is 6.10 Å². The van der Waals surface area contributed by atoms with Crippen molar-refractivity contribution in [3.63, 3.8) is 0 Å². The second-order valence-corrected chi connectivity index (χ2v) is 9.40. The number of benzene rings is 2. The van der Waals surface area contributed by atoms with E-state index in [2.05, 4.69) is 21.6 Å². The van der Waals surface area contributed by atoms with Gasteiger partial charge < -0.3 is 18.9 Å². The first-order valence-electron chi connectivity index (χ1n) is 10.0. The fraction of sp³-hybridized carbons (Fsp3) is 0.292. The zero-order valence-electron chi connectivity index (χ0n) is 18.0. The molecule has 0 fully saturated rings. The number of hydrogen-bond acceptors (Lipinski definition) is 5. The van der Waals surface area contributed by atoms with Gasteiger partial charge in [-0.1, -0.05) is 23.7 Å². The molecule has 0 saturated carbocycles. The zero-order valence-corrected chi connectivity index (χ0v) is 19.5. The van der Waals surface area contributed by atoms with Crippen molar-refractivity contribution in [3.8, 4) is 11.4 Å².